The molecule has 0 saturated carbocycles. The number of rotatable bonds is 0. The lowest BCUT2D eigenvalue weighted by Gasteiger charge is -1.82. The van der Waals surface area contributed by atoms with Crippen molar-refractivity contribution in [2.24, 2.45) is 9.98 Å². The summed E-state index contributed by atoms with van der Waals surface area (Å²) in [6, 6.07) is 0. The van der Waals surface area contributed by atoms with Crippen molar-refractivity contribution in [2.75, 3.05) is 0 Å². The average Bonchev–Trinajstić information content (AvgIpc) is 2.59. The fourth-order valence-corrected chi connectivity index (χ4v) is 1.06. The van der Waals surface area contributed by atoms with Gasteiger partial charge in [0, 0.05) is 12.4 Å². The van der Waals surface area contributed by atoms with E-state index in [-0.39, 0.29) is 61.0 Å². The van der Waals surface area contributed by atoms with E-state index in [2.05, 4.69) is 9.98 Å². The Morgan fingerprint density at radius 3 is 1.40 bits per heavy atom. The highest BCUT2D eigenvalue weighted by Gasteiger charge is 2.06. The molecule has 8 heteroatoms. The molecule has 0 aromatic carbocycles. The molecular weight excluding hydrogens is 307 g/mol. The summed E-state index contributed by atoms with van der Waals surface area (Å²) in [6.07, 6.45) is 8.09. The first-order chi connectivity index (χ1) is 8.58. The molecule has 0 saturated heterocycles. The van der Waals surface area contributed by atoms with Gasteiger partial charge in [0.2, 0.25) is 0 Å². The molecule has 108 valence electrons. The first-order valence-electron chi connectivity index (χ1n) is 5.11. The maximum absolute atomic E-state index is 10.5. The first kappa shape index (κ1) is 20.4. The van der Waals surface area contributed by atoms with Gasteiger partial charge >= 0.3 is 0 Å². The van der Waals surface area contributed by atoms with Gasteiger partial charge in [-0.3, -0.25) is 19.2 Å². The molecule has 0 unspecified atom stereocenters. The van der Waals surface area contributed by atoms with Crippen LogP contribution in [0.1, 0.15) is 12.8 Å². The minimum absolute atomic E-state index is 0. The van der Waals surface area contributed by atoms with Gasteiger partial charge in [-0.05, 0) is 24.3 Å². The minimum Gasteiger partial charge on any atom is -0.294 e. The second-order valence-corrected chi connectivity index (χ2v) is 3.35. The Labute approximate surface area is 127 Å². The largest absolute Gasteiger partial charge is 0.294 e. The number of aliphatic imine (C=N–C) groups is 2. The summed E-state index contributed by atoms with van der Waals surface area (Å²) in [7, 11) is 0. The Balaban J connectivity index is 0. The quantitative estimate of drug-likeness (QED) is 0.624. The zero-order valence-electron chi connectivity index (χ0n) is 10.2. The van der Waals surface area contributed by atoms with Crippen LogP contribution in [0.3, 0.4) is 0 Å². The zero-order chi connectivity index (χ0) is 13.4. The van der Waals surface area contributed by atoms with E-state index in [9.17, 15) is 19.2 Å². The van der Waals surface area contributed by atoms with Crippen molar-refractivity contribution in [2.45, 2.75) is 12.8 Å². The Bertz CT molecular complexity index is 418. The van der Waals surface area contributed by atoms with Gasteiger partial charge in [-0.1, -0.05) is 0 Å². The van der Waals surface area contributed by atoms with Crippen LogP contribution in [0.5, 0.6) is 0 Å². The molecule has 0 aromatic rings. The van der Waals surface area contributed by atoms with E-state index in [1.165, 1.54) is 36.7 Å². The smallest absolute Gasteiger partial charge is 0.253 e. The van der Waals surface area contributed by atoms with Crippen molar-refractivity contribution in [1.29, 1.82) is 0 Å². The molecule has 2 heterocycles. The van der Waals surface area contributed by atoms with E-state index < -0.39 is 0 Å². The third-order valence-corrected chi connectivity index (χ3v) is 1.82. The van der Waals surface area contributed by atoms with Crippen LogP contribution in [-0.4, -0.2) is 35.8 Å². The van der Waals surface area contributed by atoms with Crippen LogP contribution in [0.25, 0.3) is 0 Å². The van der Waals surface area contributed by atoms with Gasteiger partial charge < -0.3 is 0 Å². The lowest BCUT2D eigenvalue weighted by atomic mass is 10.3. The maximum Gasteiger partial charge on any atom is 0.253 e. The molecule has 0 radical (unpaired) electrons. The van der Waals surface area contributed by atoms with Crippen LogP contribution in [0.15, 0.2) is 34.3 Å². The molecular formula is C12H12Cl2N2O4. The Morgan fingerprint density at radius 2 is 1.05 bits per heavy atom. The van der Waals surface area contributed by atoms with Gasteiger partial charge in [0.1, 0.15) is 0 Å². The van der Waals surface area contributed by atoms with Gasteiger partial charge in [-0.15, -0.1) is 24.8 Å². The van der Waals surface area contributed by atoms with Gasteiger partial charge in [0.05, 0.1) is 12.8 Å². The van der Waals surface area contributed by atoms with Gasteiger partial charge in [0.15, 0.2) is 11.6 Å². The summed E-state index contributed by atoms with van der Waals surface area (Å²) in [5.74, 6) is -1.11. The van der Waals surface area contributed by atoms with E-state index in [0.29, 0.717) is 0 Å². The number of nitrogens with zero attached hydrogens (tertiary/aromatic N) is 2. The summed E-state index contributed by atoms with van der Waals surface area (Å²) >= 11 is 0. The fourth-order valence-electron chi connectivity index (χ4n) is 1.06. The number of carbonyl (C=O) groups excluding carboxylic acids is 4. The van der Waals surface area contributed by atoms with Crippen LogP contribution < -0.4 is 0 Å². The van der Waals surface area contributed by atoms with Crippen LogP contribution in [0.4, 0.5) is 0 Å². The topological polar surface area (TPSA) is 93.0 Å². The molecule has 0 aliphatic carbocycles. The molecule has 0 atom stereocenters. The van der Waals surface area contributed by atoms with Crippen molar-refractivity contribution < 1.29 is 19.2 Å². The third kappa shape index (κ3) is 9.07. The predicted molar refractivity (Wildman–Crippen MR) is 79.0 cm³/mol. The Morgan fingerprint density at radius 1 is 0.700 bits per heavy atom. The predicted octanol–water partition coefficient (Wildman–Crippen LogP) is 1.07. The highest BCUT2D eigenvalue weighted by molar-refractivity contribution is 6.10. The van der Waals surface area contributed by atoms with Crippen molar-refractivity contribution in [3.63, 3.8) is 0 Å². The fraction of sp³-hybridized carbons (Fsp3) is 0.167. The molecule has 2 rings (SSSR count). The third-order valence-electron chi connectivity index (χ3n) is 1.82. The number of carbonyl (C=O) groups is 4. The number of amides is 2. The first-order valence-corrected chi connectivity index (χ1v) is 5.11. The van der Waals surface area contributed by atoms with E-state index in [0.717, 1.165) is 0 Å². The number of allylic oxidation sites excluding steroid dienone is 4. The van der Waals surface area contributed by atoms with E-state index in [1.54, 1.807) is 0 Å². The van der Waals surface area contributed by atoms with Gasteiger partial charge in [-0.2, -0.15) is 0 Å². The average molecular weight is 319 g/mol. The van der Waals surface area contributed by atoms with Crippen molar-refractivity contribution in [3.05, 3.63) is 24.3 Å². The standard InChI is InChI=1S/2C6H5NO2.2ClH/c2*8-5-2-1-3-7-6(9)4-5;;/h2*1-3H,4H2;2*1H. The number of hydrogen-bond acceptors (Lipinski definition) is 4. The van der Waals surface area contributed by atoms with Gasteiger partial charge in [0.25, 0.3) is 11.8 Å². The maximum atomic E-state index is 10.5. The van der Waals surface area contributed by atoms with E-state index >= 15 is 0 Å². The highest BCUT2D eigenvalue weighted by Crippen LogP contribution is 1.93. The van der Waals surface area contributed by atoms with Crippen LogP contribution in [0, 0.1) is 0 Å². The van der Waals surface area contributed by atoms with Crippen molar-refractivity contribution in [3.8, 4) is 0 Å². The summed E-state index contributed by atoms with van der Waals surface area (Å²) in [5, 5.41) is 0. The molecule has 2 aliphatic rings. The van der Waals surface area contributed by atoms with Crippen molar-refractivity contribution >= 4 is 60.6 Å². The lowest BCUT2D eigenvalue weighted by Crippen LogP contribution is -1.99. The van der Waals surface area contributed by atoms with Crippen LogP contribution >= 0.6 is 24.8 Å². The Kier molecular flexibility index (Phi) is 11.2. The number of hydrogen-bond donors (Lipinski definition) is 0. The molecule has 20 heavy (non-hydrogen) atoms. The number of ketones is 2. The molecule has 0 N–H and O–H groups in total. The van der Waals surface area contributed by atoms with E-state index in [1.807, 2.05) is 0 Å². The highest BCUT2D eigenvalue weighted by atomic mass is 35.5. The zero-order valence-corrected chi connectivity index (χ0v) is 11.9. The van der Waals surface area contributed by atoms with Gasteiger partial charge in [-0.25, -0.2) is 9.98 Å². The normalized spacial score (nSPS) is 16.4. The van der Waals surface area contributed by atoms with Crippen LogP contribution in [0.2, 0.25) is 0 Å². The molecule has 0 bridgehead atoms. The summed E-state index contributed by atoms with van der Waals surface area (Å²) in [6.45, 7) is 0. The lowest BCUT2D eigenvalue weighted by molar-refractivity contribution is -0.125. The molecule has 2 amide bonds. The second-order valence-electron chi connectivity index (χ2n) is 3.35. The minimum atomic E-state index is -0.370. The number of halogens is 2. The molecule has 2 aliphatic heterocycles. The summed E-state index contributed by atoms with van der Waals surface area (Å²) < 4.78 is 0. The molecule has 0 spiro atoms. The molecule has 0 aromatic heterocycles. The monoisotopic (exact) mass is 318 g/mol. The Hall–Kier alpha value is -1.92. The second kappa shape index (κ2) is 11.0. The summed E-state index contributed by atoms with van der Waals surface area (Å²) in [4.78, 5) is 48.7. The molecule has 6 nitrogen and oxygen atoms in total. The molecule has 0 fully saturated rings. The van der Waals surface area contributed by atoms with E-state index in [4.69, 9.17) is 0 Å². The SMILES string of the molecule is Cl.Cl.O=C1C=CC=NC(=O)C1.O=C1C=CC=NC(=O)C1. The summed E-state index contributed by atoms with van der Waals surface area (Å²) in [5.41, 5.74) is 0. The van der Waals surface area contributed by atoms with Crippen molar-refractivity contribution in [1.82, 2.24) is 0 Å². The van der Waals surface area contributed by atoms with Crippen LogP contribution in [-0.2, 0) is 19.2 Å².